The van der Waals surface area contributed by atoms with Crippen LogP contribution in [0.1, 0.15) is 22.8 Å². The van der Waals surface area contributed by atoms with Gasteiger partial charge in [-0.15, -0.1) is 4.73 Å². The lowest BCUT2D eigenvalue weighted by Crippen LogP contribution is -2.32. The Hall–Kier alpha value is -3.58. The van der Waals surface area contributed by atoms with Gasteiger partial charge in [0.15, 0.2) is 0 Å². The third-order valence-electron chi connectivity index (χ3n) is 4.52. The fourth-order valence-corrected chi connectivity index (χ4v) is 4.03. The maximum absolute atomic E-state index is 12.9. The molecule has 7 heteroatoms. The van der Waals surface area contributed by atoms with Crippen molar-refractivity contribution >= 4 is 33.0 Å². The monoisotopic (exact) mass is 421 g/mol. The number of furan rings is 1. The van der Waals surface area contributed by atoms with E-state index in [2.05, 4.69) is 0 Å². The molecule has 0 N–H and O–H groups in total. The van der Waals surface area contributed by atoms with E-state index in [0.29, 0.717) is 11.3 Å². The van der Waals surface area contributed by atoms with Crippen LogP contribution in [0.15, 0.2) is 80.8 Å². The summed E-state index contributed by atoms with van der Waals surface area (Å²) in [6, 6.07) is 18.6. The quantitative estimate of drug-likeness (QED) is 0.483. The van der Waals surface area contributed by atoms with Crippen molar-refractivity contribution in [1.82, 2.24) is 4.73 Å². The third-order valence-corrected chi connectivity index (χ3v) is 5.70. The molecule has 0 aliphatic heterocycles. The Kier molecular flexibility index (Phi) is 5.05. The largest absolute Gasteiger partial charge is 0.462 e. The second kappa shape index (κ2) is 7.68. The molecule has 4 aromatic rings. The van der Waals surface area contributed by atoms with Crippen LogP contribution in [0.5, 0.6) is 0 Å². The third kappa shape index (κ3) is 4.06. The number of hydrogen-bond donors (Lipinski definition) is 0. The number of rotatable bonds is 5. The number of nitrogens with zero attached hydrogens (tertiary/aromatic N) is 1. The first kappa shape index (κ1) is 19.7. The van der Waals surface area contributed by atoms with Crippen molar-refractivity contribution < 1.29 is 17.1 Å². The lowest BCUT2D eigenvalue weighted by molar-refractivity contribution is 0.264. The molecule has 0 amide bonds. The average Bonchev–Trinajstić information content (AvgIpc) is 3.13. The van der Waals surface area contributed by atoms with E-state index in [0.717, 1.165) is 21.3 Å². The van der Waals surface area contributed by atoms with Crippen LogP contribution in [0, 0.1) is 13.8 Å². The standard InChI is InChI=1S/C23H19NO5S/c1-16-13-20(9-11-21-10-7-17(2)28-21)24(23(25)14-16)29-30(26,27)22-12-8-18-5-3-4-6-19(18)15-22/h3-15H,1-2H3/b11-9+. The molecule has 0 saturated carbocycles. The fourth-order valence-electron chi connectivity index (χ4n) is 3.08. The highest BCUT2D eigenvalue weighted by Gasteiger charge is 2.20. The van der Waals surface area contributed by atoms with Crippen molar-refractivity contribution in [2.75, 3.05) is 0 Å². The summed E-state index contributed by atoms with van der Waals surface area (Å²) >= 11 is 0. The van der Waals surface area contributed by atoms with Crippen molar-refractivity contribution in [3.05, 3.63) is 99.9 Å². The second-order valence-electron chi connectivity index (χ2n) is 6.91. The van der Waals surface area contributed by atoms with Gasteiger partial charge in [-0.2, -0.15) is 8.42 Å². The SMILES string of the molecule is Cc1cc(/C=C/c2ccc(C)o2)n(OS(=O)(=O)c2ccc3ccccc3c2)c(=O)c1. The summed E-state index contributed by atoms with van der Waals surface area (Å²) in [5.41, 5.74) is 0.367. The van der Waals surface area contributed by atoms with Gasteiger partial charge in [0.25, 0.3) is 5.56 Å². The first-order chi connectivity index (χ1) is 14.3. The number of fused-ring (bicyclic) bond motifs is 1. The summed E-state index contributed by atoms with van der Waals surface area (Å²) in [7, 11) is -4.24. The van der Waals surface area contributed by atoms with Gasteiger partial charge in [-0.05, 0) is 72.7 Å². The summed E-state index contributed by atoms with van der Waals surface area (Å²) in [5, 5.41) is 1.66. The molecule has 6 nitrogen and oxygen atoms in total. The maximum Gasteiger partial charge on any atom is 0.357 e. The highest BCUT2D eigenvalue weighted by molar-refractivity contribution is 7.87. The molecule has 2 aromatic heterocycles. The molecule has 2 heterocycles. The van der Waals surface area contributed by atoms with E-state index in [4.69, 9.17) is 8.70 Å². The van der Waals surface area contributed by atoms with E-state index in [9.17, 15) is 13.2 Å². The van der Waals surface area contributed by atoms with E-state index in [1.807, 2.05) is 37.3 Å². The normalized spacial score (nSPS) is 11.9. The fraction of sp³-hybridized carbons (Fsp3) is 0.0870. The maximum atomic E-state index is 12.9. The van der Waals surface area contributed by atoms with Gasteiger partial charge in [0, 0.05) is 6.07 Å². The molecule has 0 atom stereocenters. The van der Waals surface area contributed by atoms with Crippen LogP contribution in [-0.2, 0) is 10.1 Å². The van der Waals surface area contributed by atoms with Gasteiger partial charge in [0.2, 0.25) is 0 Å². The lowest BCUT2D eigenvalue weighted by Gasteiger charge is -2.12. The van der Waals surface area contributed by atoms with Gasteiger partial charge in [-0.3, -0.25) is 9.08 Å². The topological polar surface area (TPSA) is 78.5 Å². The molecule has 0 saturated heterocycles. The first-order valence-electron chi connectivity index (χ1n) is 9.24. The smallest absolute Gasteiger partial charge is 0.357 e. The van der Waals surface area contributed by atoms with Crippen LogP contribution in [0.3, 0.4) is 0 Å². The molecular weight excluding hydrogens is 402 g/mol. The molecular formula is C23H19NO5S. The van der Waals surface area contributed by atoms with E-state index in [-0.39, 0.29) is 10.6 Å². The minimum Gasteiger partial charge on any atom is -0.462 e. The van der Waals surface area contributed by atoms with E-state index < -0.39 is 15.7 Å². The molecule has 0 unspecified atom stereocenters. The van der Waals surface area contributed by atoms with Crippen LogP contribution in [0.4, 0.5) is 0 Å². The molecule has 2 aromatic carbocycles. The first-order valence-corrected chi connectivity index (χ1v) is 10.6. The van der Waals surface area contributed by atoms with Gasteiger partial charge in [-0.1, -0.05) is 30.3 Å². The number of benzene rings is 2. The predicted molar refractivity (Wildman–Crippen MR) is 116 cm³/mol. The van der Waals surface area contributed by atoms with Crippen LogP contribution in [-0.4, -0.2) is 13.1 Å². The predicted octanol–water partition coefficient (Wildman–Crippen LogP) is 4.20. The lowest BCUT2D eigenvalue weighted by atomic mass is 10.1. The summed E-state index contributed by atoms with van der Waals surface area (Å²) in [6.07, 6.45) is 3.21. The molecule has 30 heavy (non-hydrogen) atoms. The molecule has 0 fully saturated rings. The van der Waals surface area contributed by atoms with Crippen LogP contribution >= 0.6 is 0 Å². The minimum atomic E-state index is -4.24. The Morgan fingerprint density at radius 2 is 1.67 bits per heavy atom. The van der Waals surface area contributed by atoms with Crippen LogP contribution < -0.4 is 9.84 Å². The van der Waals surface area contributed by atoms with Crippen LogP contribution in [0.2, 0.25) is 0 Å². The summed E-state index contributed by atoms with van der Waals surface area (Å²) in [5.74, 6) is 1.32. The van der Waals surface area contributed by atoms with Gasteiger partial charge in [0.1, 0.15) is 16.4 Å². The molecule has 152 valence electrons. The summed E-state index contributed by atoms with van der Waals surface area (Å²) < 4.78 is 37.3. The molecule has 0 bridgehead atoms. The zero-order valence-corrected chi connectivity index (χ0v) is 17.2. The van der Waals surface area contributed by atoms with Crippen molar-refractivity contribution in [3.8, 4) is 0 Å². The number of aromatic nitrogens is 1. The second-order valence-corrected chi connectivity index (χ2v) is 8.44. The molecule has 0 radical (unpaired) electrons. The van der Waals surface area contributed by atoms with E-state index >= 15 is 0 Å². The van der Waals surface area contributed by atoms with Gasteiger partial charge < -0.3 is 4.42 Å². The molecule has 0 aliphatic carbocycles. The highest BCUT2D eigenvalue weighted by atomic mass is 32.2. The Bertz CT molecular complexity index is 1430. The summed E-state index contributed by atoms with van der Waals surface area (Å²) in [4.78, 5) is 12.5. The van der Waals surface area contributed by atoms with Crippen molar-refractivity contribution in [2.24, 2.45) is 0 Å². The molecule has 0 aliphatic rings. The van der Waals surface area contributed by atoms with Crippen LogP contribution in [0.25, 0.3) is 22.9 Å². The zero-order valence-electron chi connectivity index (χ0n) is 16.4. The highest BCUT2D eigenvalue weighted by Crippen LogP contribution is 2.20. The van der Waals surface area contributed by atoms with Gasteiger partial charge in [0.05, 0.1) is 5.69 Å². The Morgan fingerprint density at radius 3 is 2.40 bits per heavy atom. The Balaban J connectivity index is 1.74. The van der Waals surface area contributed by atoms with Gasteiger partial charge >= 0.3 is 10.1 Å². The summed E-state index contributed by atoms with van der Waals surface area (Å²) in [6.45, 7) is 3.57. The number of aryl methyl sites for hydroxylation is 2. The van der Waals surface area contributed by atoms with Crippen molar-refractivity contribution in [2.45, 2.75) is 18.7 Å². The van der Waals surface area contributed by atoms with Crippen molar-refractivity contribution in [1.29, 1.82) is 0 Å². The zero-order chi connectivity index (χ0) is 21.3. The van der Waals surface area contributed by atoms with E-state index in [1.54, 1.807) is 37.3 Å². The minimum absolute atomic E-state index is 0.0368. The Morgan fingerprint density at radius 1 is 0.900 bits per heavy atom. The van der Waals surface area contributed by atoms with Crippen molar-refractivity contribution in [3.63, 3.8) is 0 Å². The van der Waals surface area contributed by atoms with Gasteiger partial charge in [-0.25, -0.2) is 0 Å². The van der Waals surface area contributed by atoms with E-state index in [1.165, 1.54) is 18.2 Å². The number of pyridine rings is 1. The molecule has 0 spiro atoms. The average molecular weight is 421 g/mol. The number of hydrogen-bond acceptors (Lipinski definition) is 5. The molecule has 4 rings (SSSR count). The Labute approximate surface area is 173 Å².